The Hall–Kier alpha value is -4.63. The van der Waals surface area contributed by atoms with Crippen molar-refractivity contribution in [2.45, 2.75) is 174 Å². The monoisotopic (exact) mass is 1090 g/mol. The zero-order chi connectivity index (χ0) is 55.3. The van der Waals surface area contributed by atoms with Crippen LogP contribution >= 0.6 is 0 Å². The normalized spacial score (nSPS) is 42.1. The Labute approximate surface area is 424 Å². The molecule has 0 bridgehead atoms. The highest BCUT2D eigenvalue weighted by Crippen LogP contribution is 2.37. The van der Waals surface area contributed by atoms with Gasteiger partial charge in [0, 0.05) is 20.8 Å². The van der Waals surface area contributed by atoms with Crippen LogP contribution in [0.4, 0.5) is 0 Å². The summed E-state index contributed by atoms with van der Waals surface area (Å²) in [6, 6.07) is 0.874. The fraction of sp³-hybridized carbons (Fsp3) is 0.744. The lowest BCUT2D eigenvalue weighted by molar-refractivity contribution is -0.373. The topological polar surface area (TPSA) is 486 Å². The number of benzene rings is 1. The Balaban J connectivity index is 1.24. The van der Waals surface area contributed by atoms with Crippen molar-refractivity contribution in [3.8, 4) is 11.5 Å². The molecule has 0 unspecified atom stereocenters. The van der Waals surface area contributed by atoms with Gasteiger partial charge in [0.1, 0.15) is 121 Å². The molecular formula is C43H63N3O29. The van der Waals surface area contributed by atoms with Gasteiger partial charge in [-0.25, -0.2) is 9.59 Å². The predicted octanol–water partition coefficient (Wildman–Crippen LogP) is -9.21. The number of amides is 3. The fourth-order valence-corrected chi connectivity index (χ4v) is 9.05. The van der Waals surface area contributed by atoms with E-state index in [-0.39, 0.29) is 5.75 Å². The summed E-state index contributed by atoms with van der Waals surface area (Å²) in [5.41, 5.74) is 0. The Kier molecular flexibility index (Phi) is 20.4. The maximum Gasteiger partial charge on any atom is 0.335 e. The Morgan fingerprint density at radius 1 is 0.440 bits per heavy atom. The van der Waals surface area contributed by atoms with Crippen molar-refractivity contribution in [2.75, 3.05) is 26.9 Å². The molecule has 32 nitrogen and oxygen atoms in total. The number of aliphatic hydroxyl groups excluding tert-OH is 11. The molecular weight excluding hydrogens is 1020 g/mol. The Morgan fingerprint density at radius 3 is 1.17 bits per heavy atom. The summed E-state index contributed by atoms with van der Waals surface area (Å²) in [5.74, 6) is -5.69. The van der Waals surface area contributed by atoms with Crippen molar-refractivity contribution in [2.24, 2.45) is 0 Å². The van der Waals surface area contributed by atoms with Crippen molar-refractivity contribution >= 4 is 29.7 Å². The van der Waals surface area contributed by atoms with Gasteiger partial charge >= 0.3 is 11.9 Å². The summed E-state index contributed by atoms with van der Waals surface area (Å²) in [7, 11) is 1.42. The van der Waals surface area contributed by atoms with Gasteiger partial charge in [-0.15, -0.1) is 0 Å². The van der Waals surface area contributed by atoms with E-state index >= 15 is 0 Å². The van der Waals surface area contributed by atoms with Crippen molar-refractivity contribution in [3.63, 3.8) is 0 Å². The maximum absolute atomic E-state index is 12.9. The van der Waals surface area contributed by atoms with E-state index in [0.717, 1.165) is 20.8 Å². The molecule has 0 radical (unpaired) electrons. The van der Waals surface area contributed by atoms with E-state index in [4.69, 9.17) is 52.1 Å². The molecule has 1 aromatic rings. The van der Waals surface area contributed by atoms with E-state index in [2.05, 4.69) is 16.0 Å². The molecule has 25 atom stereocenters. The number of aliphatic hydroxyl groups is 11. The first-order chi connectivity index (χ1) is 35.4. The van der Waals surface area contributed by atoms with E-state index < -0.39 is 203 Å². The molecule has 5 aliphatic rings. The third-order valence-corrected chi connectivity index (χ3v) is 12.8. The van der Waals surface area contributed by atoms with Crippen LogP contribution in [0.25, 0.3) is 0 Å². The highest BCUT2D eigenvalue weighted by molar-refractivity contribution is 5.75. The molecule has 1 aromatic carbocycles. The molecule has 32 heteroatoms. The number of hydrogen-bond donors (Lipinski definition) is 16. The van der Waals surface area contributed by atoms with Crippen LogP contribution in [-0.4, -0.2) is 276 Å². The second-order valence-electron chi connectivity index (χ2n) is 18.0. The van der Waals surface area contributed by atoms with Crippen LogP contribution in [0.1, 0.15) is 20.8 Å². The van der Waals surface area contributed by atoms with Crippen LogP contribution in [0.2, 0.25) is 0 Å². The Morgan fingerprint density at radius 2 is 0.787 bits per heavy atom. The number of carboxylic acids is 2. The number of rotatable bonds is 19. The molecule has 5 fully saturated rings. The van der Waals surface area contributed by atoms with Gasteiger partial charge in [0.05, 0.1) is 26.9 Å². The second kappa shape index (κ2) is 25.7. The number of hydrogen-bond acceptors (Lipinski definition) is 27. The summed E-state index contributed by atoms with van der Waals surface area (Å²) in [6.07, 6.45) is -45.1. The van der Waals surface area contributed by atoms with Gasteiger partial charge in [-0.3, -0.25) is 14.4 Å². The average Bonchev–Trinajstić information content (AvgIpc) is 3.35. The molecule has 0 spiro atoms. The van der Waals surface area contributed by atoms with Crippen molar-refractivity contribution in [1.29, 1.82) is 0 Å². The van der Waals surface area contributed by atoms with Crippen LogP contribution < -0.4 is 25.4 Å². The van der Waals surface area contributed by atoms with Gasteiger partial charge in [0.15, 0.2) is 37.4 Å². The number of carbonyl (C=O) groups excluding carboxylic acids is 3. The maximum atomic E-state index is 12.9. The summed E-state index contributed by atoms with van der Waals surface area (Å²) in [5, 5.41) is 148. The molecule has 5 aliphatic heterocycles. The molecule has 16 N–H and O–H groups in total. The van der Waals surface area contributed by atoms with Gasteiger partial charge in [-0.2, -0.15) is 0 Å². The highest BCUT2D eigenvalue weighted by Gasteiger charge is 2.59. The molecule has 5 heterocycles. The first-order valence-electron chi connectivity index (χ1n) is 23.2. The zero-order valence-corrected chi connectivity index (χ0v) is 40.2. The summed E-state index contributed by atoms with van der Waals surface area (Å²) in [6.45, 7) is 0.147. The quantitative estimate of drug-likeness (QED) is 0.0612. The molecule has 424 valence electrons. The third kappa shape index (κ3) is 13.4. The van der Waals surface area contributed by atoms with Crippen LogP contribution in [0.15, 0.2) is 24.3 Å². The molecule has 5 saturated heterocycles. The number of methoxy groups -OCH3 is 1. The molecule has 75 heavy (non-hydrogen) atoms. The van der Waals surface area contributed by atoms with E-state index in [1.165, 1.54) is 31.4 Å². The van der Waals surface area contributed by atoms with Gasteiger partial charge in [0.25, 0.3) is 0 Å². The molecule has 0 saturated carbocycles. The first kappa shape index (κ1) is 59.6. The molecule has 0 aromatic heterocycles. The molecule has 3 amide bonds. The second-order valence-corrected chi connectivity index (χ2v) is 18.0. The minimum Gasteiger partial charge on any atom is -0.497 e. The van der Waals surface area contributed by atoms with Crippen molar-refractivity contribution in [1.82, 2.24) is 16.0 Å². The van der Waals surface area contributed by atoms with Crippen LogP contribution in [0, 0.1) is 0 Å². The van der Waals surface area contributed by atoms with Crippen molar-refractivity contribution in [3.05, 3.63) is 24.3 Å². The first-order valence-corrected chi connectivity index (χ1v) is 23.2. The minimum atomic E-state index is -2.39. The van der Waals surface area contributed by atoms with Gasteiger partial charge in [-0.1, -0.05) is 0 Å². The zero-order valence-electron chi connectivity index (χ0n) is 40.2. The number of carbonyl (C=O) groups is 5. The number of ether oxygens (including phenoxy) is 11. The minimum absolute atomic E-state index is 0.139. The van der Waals surface area contributed by atoms with E-state index in [0.29, 0.717) is 5.75 Å². The van der Waals surface area contributed by atoms with Crippen LogP contribution in [0.5, 0.6) is 11.5 Å². The van der Waals surface area contributed by atoms with Crippen LogP contribution in [-0.2, 0) is 66.6 Å². The summed E-state index contributed by atoms with van der Waals surface area (Å²) < 4.78 is 62.4. The smallest absolute Gasteiger partial charge is 0.335 e. The lowest BCUT2D eigenvalue weighted by Crippen LogP contribution is -2.71. The lowest BCUT2D eigenvalue weighted by atomic mass is 9.93. The third-order valence-electron chi connectivity index (χ3n) is 12.8. The summed E-state index contributed by atoms with van der Waals surface area (Å²) >= 11 is 0. The van der Waals surface area contributed by atoms with E-state index in [1.54, 1.807) is 0 Å². The largest absolute Gasteiger partial charge is 0.497 e. The number of carboxylic acid groups (broad SMARTS) is 2. The fourth-order valence-electron chi connectivity index (χ4n) is 9.05. The lowest BCUT2D eigenvalue weighted by Gasteiger charge is -2.50. The Bertz CT molecular complexity index is 2100. The van der Waals surface area contributed by atoms with E-state index in [1.807, 2.05) is 0 Å². The average molecular weight is 1090 g/mol. The van der Waals surface area contributed by atoms with Crippen molar-refractivity contribution < 1.29 is 142 Å². The standard InChI is InChI=1S/C43H63N3O29/c1-12(50)44-20-26(56)23(53)17(9-47)67-39(20)72-33-27(57)29(59)43(74-35(33)37(61)62)71-32-22(46-14(3)52)41(69-19(11-49)25(32)55)73-34-28(58)30(60)42(75-36(34)38(63)64)70-31-21(45-13(2)51)40(68-18(10-48)24(31)54)66-16-7-5-15(65-4)6-8-16/h5-8,17-36,39-43,47-49,53-60H,9-11H2,1-4H3,(H,44,50)(H,45,51)(H,46,52)(H,61,62)(H,63,64)/t17-,18-,19-,20-,21-,22-,23-,24-,25-,26-,27-,28-,29-,30-,31-,32-,33+,34+,35+,36+,39+,40-,41+,42-,43-/m1/s1. The predicted molar refractivity (Wildman–Crippen MR) is 234 cm³/mol. The molecule has 6 rings (SSSR count). The van der Waals surface area contributed by atoms with Gasteiger partial charge in [0.2, 0.25) is 24.0 Å². The SMILES string of the molecule is COc1ccc(O[C@@H]2O[C@H](CO)[C@@H](O)[C@H](O[C@@H]3O[C@H](C(=O)O)[C@@H](O[C@@H]4O[C@H](CO)[C@@H](O)[C@H](O[C@@H]5O[C@H](C(=O)O)[C@@H](O[C@@H]6O[C@H](CO)[C@@H](O)[C@H](O)[C@H]6NC(C)=O)[C@H](O)[C@H]5O)[C@H]4NC(C)=O)[C@H](O)[C@H]3O)[C@H]2NC(C)=O)cc1. The molecule has 0 aliphatic carbocycles. The van der Waals surface area contributed by atoms with Crippen LogP contribution in [0.3, 0.4) is 0 Å². The summed E-state index contributed by atoms with van der Waals surface area (Å²) in [4.78, 5) is 62.8. The van der Waals surface area contributed by atoms with Gasteiger partial charge in [-0.05, 0) is 24.3 Å². The van der Waals surface area contributed by atoms with E-state index in [9.17, 15) is 90.4 Å². The highest BCUT2D eigenvalue weighted by atomic mass is 16.8. The number of aliphatic carboxylic acids is 2. The van der Waals surface area contributed by atoms with Gasteiger partial charge < -0.3 is 134 Å². The number of nitrogens with one attached hydrogen (secondary N) is 3.